The third-order valence-electron chi connectivity index (χ3n) is 4.15. The van der Waals surface area contributed by atoms with Gasteiger partial charge in [-0.2, -0.15) is 0 Å². The highest BCUT2D eigenvalue weighted by Gasteiger charge is 2.21. The molecule has 1 heterocycles. The van der Waals surface area contributed by atoms with Gasteiger partial charge in [0, 0.05) is 6.54 Å². The lowest BCUT2D eigenvalue weighted by Crippen LogP contribution is -2.23. The van der Waals surface area contributed by atoms with Crippen LogP contribution in [0.4, 0.5) is 30.6 Å². The first-order chi connectivity index (χ1) is 13.9. The zero-order valence-corrected chi connectivity index (χ0v) is 15.4. The molecule has 1 atom stereocenters. The van der Waals surface area contributed by atoms with E-state index in [1.54, 1.807) is 6.07 Å². The van der Waals surface area contributed by atoms with Gasteiger partial charge in [-0.1, -0.05) is 18.1 Å². The van der Waals surface area contributed by atoms with Crippen LogP contribution in [0.15, 0.2) is 34.7 Å². The zero-order chi connectivity index (χ0) is 21.0. The van der Waals surface area contributed by atoms with Gasteiger partial charge in [-0.05, 0) is 36.2 Å². The molecular formula is C19H19F3N4O3. The van der Waals surface area contributed by atoms with Gasteiger partial charge in [0.15, 0.2) is 11.6 Å². The number of aryl methyl sites for hydroxylation is 1. The fourth-order valence-corrected chi connectivity index (χ4v) is 2.54. The third kappa shape index (κ3) is 4.66. The number of hydrogen-bond acceptors (Lipinski definition) is 7. The highest BCUT2D eigenvalue weighted by Crippen LogP contribution is 2.34. The Morgan fingerprint density at radius 1 is 1.10 bits per heavy atom. The largest absolute Gasteiger partial charge is 0.403 e. The van der Waals surface area contributed by atoms with Gasteiger partial charge in [-0.25, -0.2) is 13.2 Å². The van der Waals surface area contributed by atoms with Crippen LogP contribution in [0.2, 0.25) is 0 Å². The first kappa shape index (κ1) is 20.6. The van der Waals surface area contributed by atoms with Crippen LogP contribution in [0.5, 0.6) is 0 Å². The van der Waals surface area contributed by atoms with Crippen molar-refractivity contribution in [2.24, 2.45) is 0 Å². The lowest BCUT2D eigenvalue weighted by atomic mass is 10.1. The topological polar surface area (TPSA) is 103 Å². The van der Waals surface area contributed by atoms with Gasteiger partial charge >= 0.3 is 6.01 Å². The summed E-state index contributed by atoms with van der Waals surface area (Å²) >= 11 is 0. The van der Waals surface area contributed by atoms with E-state index in [0.717, 1.165) is 11.6 Å². The summed E-state index contributed by atoms with van der Waals surface area (Å²) < 4.78 is 48.0. The van der Waals surface area contributed by atoms with E-state index >= 15 is 0 Å². The van der Waals surface area contributed by atoms with Crippen LogP contribution in [-0.2, 0) is 6.42 Å². The minimum atomic E-state index is -1.23. The van der Waals surface area contributed by atoms with Gasteiger partial charge in [0.2, 0.25) is 0 Å². The monoisotopic (exact) mass is 408 g/mol. The summed E-state index contributed by atoms with van der Waals surface area (Å²) in [6.45, 7) is 1.34. The summed E-state index contributed by atoms with van der Waals surface area (Å²) in [5.74, 6) is -3.14. The number of aliphatic hydroxyl groups is 2. The van der Waals surface area contributed by atoms with E-state index in [0.29, 0.717) is 6.42 Å². The van der Waals surface area contributed by atoms with Crippen molar-refractivity contribution in [2.45, 2.75) is 19.4 Å². The molecule has 3 aromatic rings. The van der Waals surface area contributed by atoms with Crippen molar-refractivity contribution in [2.75, 3.05) is 23.8 Å². The molecule has 3 rings (SSSR count). The Labute approximate surface area is 164 Å². The molecule has 1 aromatic heterocycles. The van der Waals surface area contributed by atoms with Gasteiger partial charge in [0.1, 0.15) is 5.82 Å². The second-order valence-corrected chi connectivity index (χ2v) is 6.21. The van der Waals surface area contributed by atoms with Gasteiger partial charge in [0.05, 0.1) is 29.6 Å². The lowest BCUT2D eigenvalue weighted by molar-refractivity contribution is 0.105. The molecule has 2 aromatic carbocycles. The Balaban J connectivity index is 1.93. The summed E-state index contributed by atoms with van der Waals surface area (Å²) in [5.41, 5.74) is 0.368. The molecule has 0 fully saturated rings. The Morgan fingerprint density at radius 2 is 1.90 bits per heavy atom. The number of halogens is 3. The molecule has 0 saturated carbocycles. The number of aliphatic hydroxyl groups excluding tert-OH is 2. The predicted octanol–water partition coefficient (Wildman–Crippen LogP) is 3.23. The predicted molar refractivity (Wildman–Crippen MR) is 100 cm³/mol. The minimum Gasteiger partial charge on any atom is -0.403 e. The molecule has 0 bridgehead atoms. The van der Waals surface area contributed by atoms with E-state index in [-0.39, 0.29) is 35.4 Å². The van der Waals surface area contributed by atoms with Gasteiger partial charge in [-0.3, -0.25) is 0 Å². The van der Waals surface area contributed by atoms with Crippen molar-refractivity contribution in [1.82, 2.24) is 10.2 Å². The Bertz CT molecular complexity index is 997. The standard InChI is InChI=1S/C19H19F3N4O3/c1-2-10-3-6-15(14(21)7-10)24-17-12(4-5-13(20)16(17)22)18-25-26-19(29-18)23-8-11(28)9-27/h3-7,11,24,27-28H,2,8-9H2,1H3,(H,23,26)/t11-/m0/s1. The van der Waals surface area contributed by atoms with E-state index in [1.807, 2.05) is 6.92 Å². The van der Waals surface area contributed by atoms with Crippen molar-refractivity contribution in [1.29, 1.82) is 0 Å². The number of rotatable bonds is 8. The van der Waals surface area contributed by atoms with Gasteiger partial charge in [0.25, 0.3) is 5.89 Å². The summed E-state index contributed by atoms with van der Waals surface area (Å²) in [5, 5.41) is 30.8. The molecule has 10 heteroatoms. The number of anilines is 3. The number of hydrogen-bond donors (Lipinski definition) is 4. The Morgan fingerprint density at radius 3 is 2.59 bits per heavy atom. The van der Waals surface area contributed by atoms with Crippen LogP contribution in [0, 0.1) is 17.5 Å². The molecule has 154 valence electrons. The van der Waals surface area contributed by atoms with E-state index in [2.05, 4.69) is 20.8 Å². The molecule has 0 radical (unpaired) electrons. The summed E-state index contributed by atoms with van der Waals surface area (Å²) in [6.07, 6.45) is -0.417. The van der Waals surface area contributed by atoms with Crippen LogP contribution < -0.4 is 10.6 Å². The molecule has 7 nitrogen and oxygen atoms in total. The van der Waals surface area contributed by atoms with Crippen LogP contribution in [-0.4, -0.2) is 39.7 Å². The van der Waals surface area contributed by atoms with Crippen LogP contribution >= 0.6 is 0 Å². The van der Waals surface area contributed by atoms with E-state index in [9.17, 15) is 18.3 Å². The smallest absolute Gasteiger partial charge is 0.315 e. The average Bonchev–Trinajstić information content (AvgIpc) is 3.19. The molecule has 0 aliphatic rings. The SMILES string of the molecule is CCc1ccc(Nc2c(-c3nnc(NC[C@H](O)CO)o3)ccc(F)c2F)c(F)c1. The first-order valence-electron chi connectivity index (χ1n) is 8.83. The second-order valence-electron chi connectivity index (χ2n) is 6.21. The highest BCUT2D eigenvalue weighted by atomic mass is 19.2. The number of aromatic nitrogens is 2. The van der Waals surface area contributed by atoms with Gasteiger partial charge < -0.3 is 25.3 Å². The number of benzene rings is 2. The van der Waals surface area contributed by atoms with E-state index < -0.39 is 30.2 Å². The summed E-state index contributed by atoms with van der Waals surface area (Å²) in [7, 11) is 0. The quantitative estimate of drug-likeness (QED) is 0.454. The maximum atomic E-state index is 14.5. The maximum absolute atomic E-state index is 14.5. The molecule has 0 aliphatic heterocycles. The highest BCUT2D eigenvalue weighted by molar-refractivity contribution is 5.78. The third-order valence-corrected chi connectivity index (χ3v) is 4.15. The van der Waals surface area contributed by atoms with Crippen LogP contribution in [0.3, 0.4) is 0 Å². The van der Waals surface area contributed by atoms with Crippen molar-refractivity contribution in [3.05, 3.63) is 53.3 Å². The van der Waals surface area contributed by atoms with Gasteiger partial charge in [-0.15, -0.1) is 5.10 Å². The van der Waals surface area contributed by atoms with Crippen LogP contribution in [0.25, 0.3) is 11.5 Å². The van der Waals surface area contributed by atoms with Crippen molar-refractivity contribution in [3.63, 3.8) is 0 Å². The van der Waals surface area contributed by atoms with Crippen molar-refractivity contribution >= 4 is 17.4 Å². The second kappa shape index (κ2) is 8.93. The fourth-order valence-electron chi connectivity index (χ4n) is 2.54. The molecule has 0 aliphatic carbocycles. The average molecular weight is 408 g/mol. The molecule has 4 N–H and O–H groups in total. The molecule has 0 saturated heterocycles. The summed E-state index contributed by atoms with van der Waals surface area (Å²) in [6, 6.07) is 6.42. The number of nitrogens with one attached hydrogen (secondary N) is 2. The summed E-state index contributed by atoms with van der Waals surface area (Å²) in [4.78, 5) is 0. The van der Waals surface area contributed by atoms with E-state index in [1.165, 1.54) is 18.2 Å². The molecule has 0 amide bonds. The minimum absolute atomic E-state index is 0.0196. The number of nitrogens with zero attached hydrogens (tertiary/aromatic N) is 2. The molecular weight excluding hydrogens is 389 g/mol. The van der Waals surface area contributed by atoms with E-state index in [4.69, 9.17) is 9.52 Å². The Kier molecular flexibility index (Phi) is 6.35. The fraction of sp³-hybridized carbons (Fsp3) is 0.263. The molecule has 0 spiro atoms. The lowest BCUT2D eigenvalue weighted by Gasteiger charge is -2.13. The van der Waals surface area contributed by atoms with Crippen molar-refractivity contribution < 1.29 is 27.8 Å². The zero-order valence-electron chi connectivity index (χ0n) is 15.4. The van der Waals surface area contributed by atoms with Crippen LogP contribution in [0.1, 0.15) is 12.5 Å². The Hall–Kier alpha value is -3.11. The normalized spacial score (nSPS) is 12.1. The van der Waals surface area contributed by atoms with Crippen molar-refractivity contribution in [3.8, 4) is 11.5 Å². The molecule has 0 unspecified atom stereocenters. The maximum Gasteiger partial charge on any atom is 0.315 e. The first-order valence-corrected chi connectivity index (χ1v) is 8.83. The molecule has 29 heavy (non-hydrogen) atoms.